The van der Waals surface area contributed by atoms with Gasteiger partial charge in [-0.2, -0.15) is 0 Å². The molecule has 3 nitrogen and oxygen atoms in total. The molecule has 0 amide bonds. The number of methoxy groups -OCH3 is 1. The van der Waals surface area contributed by atoms with Crippen molar-refractivity contribution >= 4 is 0 Å². The summed E-state index contributed by atoms with van der Waals surface area (Å²) in [5.74, 6) is 0. The number of hydrogen-bond acceptors (Lipinski definition) is 3. The lowest BCUT2D eigenvalue weighted by molar-refractivity contribution is 0.0637. The van der Waals surface area contributed by atoms with Crippen molar-refractivity contribution in [2.45, 2.75) is 38.7 Å². The molecule has 1 aliphatic rings. The zero-order valence-electron chi connectivity index (χ0n) is 9.38. The lowest BCUT2D eigenvalue weighted by Gasteiger charge is -2.16. The van der Waals surface area contributed by atoms with Gasteiger partial charge < -0.3 is 15.2 Å². The molecule has 0 aromatic carbocycles. The lowest BCUT2D eigenvalue weighted by atomic mass is 10.0. The van der Waals surface area contributed by atoms with Crippen molar-refractivity contribution in [3.63, 3.8) is 0 Å². The van der Waals surface area contributed by atoms with Crippen LogP contribution in [0.1, 0.15) is 32.6 Å². The van der Waals surface area contributed by atoms with Crippen LogP contribution >= 0.6 is 0 Å². The standard InChI is InChI=1S/C11H23NO2/c1-3-4-11(5-6-11)9-12-7-10(13)8-14-2/h10,12-13H,3-9H2,1-2H3. The number of nitrogens with one attached hydrogen (secondary N) is 1. The van der Waals surface area contributed by atoms with Gasteiger partial charge in [0.1, 0.15) is 0 Å². The van der Waals surface area contributed by atoms with Crippen molar-refractivity contribution in [3.05, 3.63) is 0 Å². The van der Waals surface area contributed by atoms with E-state index in [0.29, 0.717) is 18.6 Å². The van der Waals surface area contributed by atoms with Crippen LogP contribution in [0, 0.1) is 5.41 Å². The first-order valence-electron chi connectivity index (χ1n) is 5.60. The highest BCUT2D eigenvalue weighted by molar-refractivity contribution is 4.94. The van der Waals surface area contributed by atoms with Crippen LogP contribution in [0.2, 0.25) is 0 Å². The summed E-state index contributed by atoms with van der Waals surface area (Å²) in [6, 6.07) is 0. The number of aliphatic hydroxyl groups is 1. The zero-order chi connectivity index (χ0) is 10.4. The zero-order valence-corrected chi connectivity index (χ0v) is 9.38. The molecule has 3 heteroatoms. The summed E-state index contributed by atoms with van der Waals surface area (Å²) in [7, 11) is 1.61. The van der Waals surface area contributed by atoms with Gasteiger partial charge in [-0.3, -0.25) is 0 Å². The van der Waals surface area contributed by atoms with Crippen LogP contribution in [0.3, 0.4) is 0 Å². The molecule has 1 fully saturated rings. The molecule has 0 aromatic heterocycles. The predicted molar refractivity (Wildman–Crippen MR) is 57.3 cm³/mol. The van der Waals surface area contributed by atoms with Gasteiger partial charge in [0.25, 0.3) is 0 Å². The van der Waals surface area contributed by atoms with Crippen molar-refractivity contribution in [2.75, 3.05) is 26.8 Å². The minimum absolute atomic E-state index is 0.363. The fourth-order valence-electron chi connectivity index (χ4n) is 1.98. The fraction of sp³-hybridized carbons (Fsp3) is 1.00. The van der Waals surface area contributed by atoms with Crippen molar-refractivity contribution < 1.29 is 9.84 Å². The lowest BCUT2D eigenvalue weighted by Crippen LogP contribution is -2.33. The Balaban J connectivity index is 2.03. The average Bonchev–Trinajstić information content (AvgIpc) is 2.86. The molecular formula is C11H23NO2. The Morgan fingerprint density at radius 2 is 2.21 bits per heavy atom. The molecule has 14 heavy (non-hydrogen) atoms. The average molecular weight is 201 g/mol. The molecule has 1 atom stereocenters. The molecule has 0 aliphatic heterocycles. The van der Waals surface area contributed by atoms with E-state index in [1.165, 1.54) is 25.7 Å². The second-order valence-electron chi connectivity index (χ2n) is 4.49. The van der Waals surface area contributed by atoms with E-state index in [0.717, 1.165) is 6.54 Å². The second kappa shape index (κ2) is 5.69. The highest BCUT2D eigenvalue weighted by Crippen LogP contribution is 2.48. The summed E-state index contributed by atoms with van der Waals surface area (Å²) < 4.78 is 4.86. The third-order valence-corrected chi connectivity index (χ3v) is 2.98. The number of hydrogen-bond donors (Lipinski definition) is 2. The first-order valence-corrected chi connectivity index (χ1v) is 5.60. The van der Waals surface area contributed by atoms with Gasteiger partial charge in [0.15, 0.2) is 0 Å². The van der Waals surface area contributed by atoms with Crippen LogP contribution in [0.4, 0.5) is 0 Å². The molecule has 84 valence electrons. The molecule has 2 N–H and O–H groups in total. The fourth-order valence-corrected chi connectivity index (χ4v) is 1.98. The van der Waals surface area contributed by atoms with Gasteiger partial charge in [-0.05, 0) is 24.7 Å². The minimum Gasteiger partial charge on any atom is -0.389 e. The van der Waals surface area contributed by atoms with Crippen molar-refractivity contribution in [1.29, 1.82) is 0 Å². The molecule has 0 radical (unpaired) electrons. The Morgan fingerprint density at radius 3 is 2.71 bits per heavy atom. The van der Waals surface area contributed by atoms with E-state index in [2.05, 4.69) is 12.2 Å². The van der Waals surface area contributed by atoms with E-state index >= 15 is 0 Å². The Morgan fingerprint density at radius 1 is 1.50 bits per heavy atom. The summed E-state index contributed by atoms with van der Waals surface area (Å²) in [6.45, 7) is 4.37. The maximum absolute atomic E-state index is 9.41. The maximum Gasteiger partial charge on any atom is 0.0897 e. The van der Waals surface area contributed by atoms with E-state index in [1.54, 1.807) is 7.11 Å². The highest BCUT2D eigenvalue weighted by Gasteiger charge is 2.40. The molecule has 0 heterocycles. The predicted octanol–water partition coefficient (Wildman–Crippen LogP) is 1.16. The van der Waals surface area contributed by atoms with Crippen LogP contribution in [0.5, 0.6) is 0 Å². The smallest absolute Gasteiger partial charge is 0.0897 e. The molecule has 0 saturated heterocycles. The molecule has 1 unspecified atom stereocenters. The topological polar surface area (TPSA) is 41.5 Å². The number of aliphatic hydroxyl groups excluding tert-OH is 1. The summed E-state index contributed by atoms with van der Waals surface area (Å²) in [5, 5.41) is 12.7. The van der Waals surface area contributed by atoms with Gasteiger partial charge in [-0.25, -0.2) is 0 Å². The van der Waals surface area contributed by atoms with Gasteiger partial charge in [-0.15, -0.1) is 0 Å². The minimum atomic E-state index is -0.363. The Labute approximate surface area is 86.8 Å². The highest BCUT2D eigenvalue weighted by atomic mass is 16.5. The largest absolute Gasteiger partial charge is 0.389 e. The summed E-state index contributed by atoms with van der Waals surface area (Å²) in [5.41, 5.74) is 0.571. The maximum atomic E-state index is 9.41. The van der Waals surface area contributed by atoms with Crippen molar-refractivity contribution in [1.82, 2.24) is 5.32 Å². The SMILES string of the molecule is CCCC1(CNCC(O)COC)CC1. The quantitative estimate of drug-likeness (QED) is 0.619. The van der Waals surface area contributed by atoms with E-state index in [4.69, 9.17) is 4.74 Å². The van der Waals surface area contributed by atoms with Crippen LogP contribution in [-0.4, -0.2) is 38.0 Å². The van der Waals surface area contributed by atoms with Gasteiger partial charge in [-0.1, -0.05) is 13.3 Å². The van der Waals surface area contributed by atoms with E-state index in [9.17, 15) is 5.11 Å². The van der Waals surface area contributed by atoms with Gasteiger partial charge in [0.2, 0.25) is 0 Å². The van der Waals surface area contributed by atoms with Crippen LogP contribution in [-0.2, 0) is 4.74 Å². The normalized spacial score (nSPS) is 20.8. The van der Waals surface area contributed by atoms with E-state index < -0.39 is 0 Å². The Kier molecular flexibility index (Phi) is 4.85. The third-order valence-electron chi connectivity index (χ3n) is 2.98. The summed E-state index contributed by atoms with van der Waals surface area (Å²) in [6.07, 6.45) is 4.93. The Bertz CT molecular complexity index is 157. The van der Waals surface area contributed by atoms with Crippen LogP contribution in [0.15, 0.2) is 0 Å². The van der Waals surface area contributed by atoms with Crippen molar-refractivity contribution in [2.24, 2.45) is 5.41 Å². The molecule has 0 spiro atoms. The van der Waals surface area contributed by atoms with Crippen molar-refractivity contribution in [3.8, 4) is 0 Å². The molecule has 1 saturated carbocycles. The second-order valence-corrected chi connectivity index (χ2v) is 4.49. The Hall–Kier alpha value is -0.120. The van der Waals surface area contributed by atoms with Gasteiger partial charge >= 0.3 is 0 Å². The molecule has 1 rings (SSSR count). The van der Waals surface area contributed by atoms with E-state index in [1.807, 2.05) is 0 Å². The number of rotatable bonds is 8. The third kappa shape index (κ3) is 3.95. The summed E-state index contributed by atoms with van der Waals surface area (Å²) >= 11 is 0. The number of ether oxygens (including phenoxy) is 1. The first kappa shape index (κ1) is 12.0. The van der Waals surface area contributed by atoms with E-state index in [-0.39, 0.29) is 6.10 Å². The van der Waals surface area contributed by atoms with Gasteiger partial charge in [0.05, 0.1) is 12.7 Å². The molecule has 1 aliphatic carbocycles. The first-order chi connectivity index (χ1) is 6.72. The molecule has 0 aromatic rings. The molecular weight excluding hydrogens is 178 g/mol. The van der Waals surface area contributed by atoms with Gasteiger partial charge in [0, 0.05) is 20.2 Å². The summed E-state index contributed by atoms with van der Waals surface area (Å²) in [4.78, 5) is 0. The van der Waals surface area contributed by atoms with Crippen LogP contribution < -0.4 is 5.32 Å². The van der Waals surface area contributed by atoms with Crippen LogP contribution in [0.25, 0.3) is 0 Å². The molecule has 0 bridgehead atoms. The monoisotopic (exact) mass is 201 g/mol.